The van der Waals surface area contributed by atoms with Gasteiger partial charge in [0, 0.05) is 26.2 Å². The first-order chi connectivity index (χ1) is 17.8. The van der Waals surface area contributed by atoms with Crippen LogP contribution in [0, 0.1) is 0 Å². The number of thiazole rings is 1. The molecule has 3 heterocycles. The first-order valence-electron chi connectivity index (χ1n) is 12.1. The zero-order valence-corrected chi connectivity index (χ0v) is 22.7. The zero-order valence-electron chi connectivity index (χ0n) is 21.9. The second-order valence-corrected chi connectivity index (χ2v) is 9.45. The molecule has 1 aromatic carbocycles. The predicted octanol–water partition coefficient (Wildman–Crippen LogP) is 3.25. The van der Waals surface area contributed by atoms with Crippen LogP contribution in [0.15, 0.2) is 55.8 Å². The number of anilines is 1. The Labute approximate surface area is 218 Å². The van der Waals surface area contributed by atoms with Crippen LogP contribution >= 0.6 is 11.3 Å². The summed E-state index contributed by atoms with van der Waals surface area (Å²) in [5, 5.41) is 0. The largest absolute Gasteiger partial charge is 0.490 e. The van der Waals surface area contributed by atoms with E-state index in [1.54, 1.807) is 32.1 Å². The summed E-state index contributed by atoms with van der Waals surface area (Å²) >= 11 is 1.24. The SMILES string of the molecule is CCOC(=O)C1=C(C)N=c2s/c(=C\c3ccc(N(C)C)o3)c(=O)n2[C@@H]1c1ccc(OCC)c(OCC)c1. The van der Waals surface area contributed by atoms with E-state index >= 15 is 0 Å². The van der Waals surface area contributed by atoms with Gasteiger partial charge in [0.25, 0.3) is 5.56 Å². The van der Waals surface area contributed by atoms with Gasteiger partial charge in [0.05, 0.1) is 41.7 Å². The number of esters is 1. The molecule has 196 valence electrons. The number of aromatic nitrogens is 1. The van der Waals surface area contributed by atoms with Gasteiger partial charge in [0.2, 0.25) is 0 Å². The van der Waals surface area contributed by atoms with E-state index in [9.17, 15) is 9.59 Å². The minimum Gasteiger partial charge on any atom is -0.490 e. The molecule has 1 atom stereocenters. The summed E-state index contributed by atoms with van der Waals surface area (Å²) in [6.07, 6.45) is 1.70. The molecule has 0 saturated carbocycles. The summed E-state index contributed by atoms with van der Waals surface area (Å²) < 4.78 is 24.7. The Balaban J connectivity index is 1.93. The molecule has 0 saturated heterocycles. The van der Waals surface area contributed by atoms with Gasteiger partial charge in [-0.3, -0.25) is 9.36 Å². The van der Waals surface area contributed by atoms with Crippen LogP contribution in [0.1, 0.15) is 45.1 Å². The molecule has 3 aromatic rings. The molecule has 0 N–H and O–H groups in total. The van der Waals surface area contributed by atoms with Crippen LogP contribution in [-0.2, 0) is 9.53 Å². The van der Waals surface area contributed by atoms with Gasteiger partial charge >= 0.3 is 5.97 Å². The van der Waals surface area contributed by atoms with Crippen molar-refractivity contribution in [3.8, 4) is 11.5 Å². The van der Waals surface area contributed by atoms with E-state index < -0.39 is 12.0 Å². The predicted molar refractivity (Wildman–Crippen MR) is 142 cm³/mol. The summed E-state index contributed by atoms with van der Waals surface area (Å²) in [4.78, 5) is 33.8. The molecule has 1 aliphatic rings. The van der Waals surface area contributed by atoms with Gasteiger partial charge in [0.1, 0.15) is 5.76 Å². The Bertz CT molecular complexity index is 1510. The van der Waals surface area contributed by atoms with Crippen LogP contribution in [0.3, 0.4) is 0 Å². The highest BCUT2D eigenvalue weighted by Gasteiger charge is 2.34. The lowest BCUT2D eigenvalue weighted by molar-refractivity contribution is -0.139. The van der Waals surface area contributed by atoms with Crippen molar-refractivity contribution in [1.29, 1.82) is 0 Å². The van der Waals surface area contributed by atoms with Crippen LogP contribution in [0.25, 0.3) is 6.08 Å². The molecule has 37 heavy (non-hydrogen) atoms. The lowest BCUT2D eigenvalue weighted by Gasteiger charge is -2.25. The molecular formula is C27H31N3O6S. The lowest BCUT2D eigenvalue weighted by Crippen LogP contribution is -2.40. The van der Waals surface area contributed by atoms with Crippen molar-refractivity contribution in [2.24, 2.45) is 4.99 Å². The number of benzene rings is 1. The van der Waals surface area contributed by atoms with E-state index in [0.29, 0.717) is 62.5 Å². The van der Waals surface area contributed by atoms with E-state index in [1.807, 2.05) is 51.0 Å². The Morgan fingerprint density at radius 2 is 1.84 bits per heavy atom. The third-order valence-electron chi connectivity index (χ3n) is 5.73. The third kappa shape index (κ3) is 5.20. The number of hydrogen-bond acceptors (Lipinski definition) is 9. The van der Waals surface area contributed by atoms with Gasteiger partial charge in [-0.2, -0.15) is 0 Å². The number of carbonyl (C=O) groups is 1. The molecule has 0 amide bonds. The van der Waals surface area contributed by atoms with E-state index in [0.717, 1.165) is 0 Å². The number of furan rings is 1. The molecule has 0 unspecified atom stereocenters. The highest BCUT2D eigenvalue weighted by molar-refractivity contribution is 7.07. The molecule has 2 aromatic heterocycles. The fraction of sp³-hybridized carbons (Fsp3) is 0.370. The molecule has 4 rings (SSSR count). The molecular weight excluding hydrogens is 494 g/mol. The summed E-state index contributed by atoms with van der Waals surface area (Å²) in [5.41, 5.74) is 1.21. The van der Waals surface area contributed by atoms with E-state index in [-0.39, 0.29) is 12.2 Å². The smallest absolute Gasteiger partial charge is 0.338 e. The first-order valence-corrected chi connectivity index (χ1v) is 13.0. The molecule has 0 aliphatic carbocycles. The quantitative estimate of drug-likeness (QED) is 0.396. The van der Waals surface area contributed by atoms with Crippen molar-refractivity contribution in [2.75, 3.05) is 38.8 Å². The van der Waals surface area contributed by atoms with Gasteiger partial charge in [-0.1, -0.05) is 17.4 Å². The van der Waals surface area contributed by atoms with Crippen molar-refractivity contribution in [3.05, 3.63) is 72.6 Å². The summed E-state index contributed by atoms with van der Waals surface area (Å²) in [5.74, 6) is 1.83. The second-order valence-electron chi connectivity index (χ2n) is 8.44. The van der Waals surface area contributed by atoms with Crippen LogP contribution < -0.4 is 29.3 Å². The van der Waals surface area contributed by atoms with Crippen molar-refractivity contribution in [2.45, 2.75) is 33.7 Å². The van der Waals surface area contributed by atoms with Gasteiger partial charge < -0.3 is 23.5 Å². The second kappa shape index (κ2) is 11.1. The average Bonchev–Trinajstić information content (AvgIpc) is 3.44. The first kappa shape index (κ1) is 26.3. The number of rotatable bonds is 9. The standard InChI is InChI=1S/C27H31N3O6S/c1-7-33-19-12-10-17(14-20(19)34-8-2)24-23(26(32)35-9-3)16(4)28-27-30(24)25(31)21(37-27)15-18-11-13-22(36-18)29(5)6/h10-15,24H,7-9H2,1-6H3/b21-15-/t24-/m1/s1. The van der Waals surface area contributed by atoms with Crippen molar-refractivity contribution in [1.82, 2.24) is 4.57 Å². The molecule has 9 nitrogen and oxygen atoms in total. The van der Waals surface area contributed by atoms with Crippen LogP contribution in [0.4, 0.5) is 5.88 Å². The van der Waals surface area contributed by atoms with Gasteiger partial charge in [-0.25, -0.2) is 9.79 Å². The Morgan fingerprint density at radius 1 is 1.11 bits per heavy atom. The van der Waals surface area contributed by atoms with Gasteiger partial charge in [0.15, 0.2) is 22.2 Å². The van der Waals surface area contributed by atoms with E-state index in [1.165, 1.54) is 15.9 Å². The van der Waals surface area contributed by atoms with E-state index in [2.05, 4.69) is 4.99 Å². The van der Waals surface area contributed by atoms with Crippen LogP contribution in [-0.4, -0.2) is 44.5 Å². The lowest BCUT2D eigenvalue weighted by atomic mass is 9.95. The number of ether oxygens (including phenoxy) is 3. The average molecular weight is 526 g/mol. The molecule has 10 heteroatoms. The van der Waals surface area contributed by atoms with Crippen molar-refractivity contribution in [3.63, 3.8) is 0 Å². The number of hydrogen-bond donors (Lipinski definition) is 0. The van der Waals surface area contributed by atoms with Crippen molar-refractivity contribution < 1.29 is 23.4 Å². The normalized spacial score (nSPS) is 15.3. The summed E-state index contributed by atoms with van der Waals surface area (Å²) in [6.45, 7) is 8.39. The Morgan fingerprint density at radius 3 is 2.49 bits per heavy atom. The van der Waals surface area contributed by atoms with Gasteiger partial charge in [-0.15, -0.1) is 0 Å². The monoisotopic (exact) mass is 525 g/mol. The summed E-state index contributed by atoms with van der Waals surface area (Å²) in [6, 6.07) is 8.34. The number of fused-ring (bicyclic) bond motifs is 1. The third-order valence-corrected chi connectivity index (χ3v) is 6.71. The Hall–Kier alpha value is -3.79. The number of nitrogens with zero attached hydrogens (tertiary/aromatic N) is 3. The van der Waals surface area contributed by atoms with E-state index in [4.69, 9.17) is 18.6 Å². The van der Waals surface area contributed by atoms with Crippen molar-refractivity contribution >= 4 is 29.3 Å². The molecule has 0 fully saturated rings. The molecule has 0 radical (unpaired) electrons. The minimum atomic E-state index is -0.749. The van der Waals surface area contributed by atoms with Gasteiger partial charge in [-0.05, 0) is 51.5 Å². The maximum absolute atomic E-state index is 13.8. The fourth-order valence-electron chi connectivity index (χ4n) is 4.13. The Kier molecular flexibility index (Phi) is 7.87. The molecule has 1 aliphatic heterocycles. The zero-order chi connectivity index (χ0) is 26.7. The summed E-state index contributed by atoms with van der Waals surface area (Å²) in [7, 11) is 3.76. The minimum absolute atomic E-state index is 0.201. The topological polar surface area (TPSA) is 95.5 Å². The number of allylic oxidation sites excluding steroid dienone is 1. The van der Waals surface area contributed by atoms with Crippen LogP contribution in [0.5, 0.6) is 11.5 Å². The van der Waals surface area contributed by atoms with Crippen LogP contribution in [0.2, 0.25) is 0 Å². The maximum Gasteiger partial charge on any atom is 0.338 e. The maximum atomic E-state index is 13.8. The highest BCUT2D eigenvalue weighted by Crippen LogP contribution is 2.36. The highest BCUT2D eigenvalue weighted by atomic mass is 32.1. The molecule has 0 spiro atoms. The fourth-order valence-corrected chi connectivity index (χ4v) is 5.16. The number of carbonyl (C=O) groups excluding carboxylic acids is 1. The molecule has 0 bridgehead atoms.